The third kappa shape index (κ3) is 5.31. The average Bonchev–Trinajstić information content (AvgIpc) is 3.72. The van der Waals surface area contributed by atoms with Crippen LogP contribution in [0.2, 0.25) is 0 Å². The molecule has 7 heterocycles. The first-order valence-corrected chi connectivity index (χ1v) is 15.9. The van der Waals surface area contributed by atoms with Crippen molar-refractivity contribution >= 4 is 49.7 Å². The van der Waals surface area contributed by atoms with Gasteiger partial charge in [0.2, 0.25) is 5.95 Å². The predicted molar refractivity (Wildman–Crippen MR) is 141 cm³/mol. The molecule has 0 amide bonds. The number of imidazole rings is 2. The van der Waals surface area contributed by atoms with E-state index in [2.05, 4.69) is 29.9 Å². The fourth-order valence-electron chi connectivity index (χ4n) is 5.27. The summed E-state index contributed by atoms with van der Waals surface area (Å²) in [5.41, 5.74) is 10.7. The van der Waals surface area contributed by atoms with E-state index in [1.165, 1.54) is 10.9 Å². The minimum absolute atomic E-state index is 0.00546. The molecule has 3 saturated heterocycles. The van der Waals surface area contributed by atoms with Crippen LogP contribution in [0, 0.1) is 0 Å². The molecule has 3 fully saturated rings. The lowest BCUT2D eigenvalue weighted by Gasteiger charge is -2.31. The summed E-state index contributed by atoms with van der Waals surface area (Å²) in [6.45, 7) is -1.73. The van der Waals surface area contributed by atoms with Crippen molar-refractivity contribution in [1.29, 1.82) is 0 Å². The topological polar surface area (TPSA) is 332 Å². The Morgan fingerprint density at radius 1 is 0.889 bits per heavy atom. The monoisotopic (exact) mass is 673 g/mol. The molecule has 2 unspecified atom stereocenters. The second-order valence-corrected chi connectivity index (χ2v) is 12.9. The third-order valence-electron chi connectivity index (χ3n) is 7.32. The molecule has 7 rings (SSSR count). The van der Waals surface area contributed by atoms with E-state index in [1.807, 2.05) is 0 Å². The van der Waals surface area contributed by atoms with Crippen molar-refractivity contribution in [2.24, 2.45) is 0 Å². The van der Waals surface area contributed by atoms with Crippen molar-refractivity contribution in [2.45, 2.75) is 49.1 Å². The normalized spacial score (nSPS) is 37.7. The highest BCUT2D eigenvalue weighted by Gasteiger charge is 2.53. The molecule has 0 aliphatic carbocycles. The SMILES string of the molecule is Nc1nc2c(ncn2[C@@H]2O[C@@H]3COP(=O)([O-])O[C@@H]4[C@H](O)[C@@H](COP(=O)(O)O[C@@H]2[C@@H]3O)O[C@H]4n2cnc3c(N)ncnc32)c(=O)[nH]1. The van der Waals surface area contributed by atoms with Gasteiger partial charge in [-0.3, -0.25) is 32.5 Å². The molecule has 0 radical (unpaired) electrons. The average molecular weight is 673 g/mol. The number of ether oxygens (including phenoxy) is 2. The summed E-state index contributed by atoms with van der Waals surface area (Å²) >= 11 is 0. The van der Waals surface area contributed by atoms with Gasteiger partial charge in [-0.25, -0.2) is 24.5 Å². The number of aromatic amines is 1. The Morgan fingerprint density at radius 2 is 1.49 bits per heavy atom. The molecule has 25 heteroatoms. The molecule has 0 saturated carbocycles. The van der Waals surface area contributed by atoms with E-state index in [9.17, 15) is 33.9 Å². The summed E-state index contributed by atoms with van der Waals surface area (Å²) in [6.07, 6.45) is -9.65. The number of fused-ring (bicyclic) bond motifs is 6. The maximum Gasteiger partial charge on any atom is 0.472 e. The molecule has 45 heavy (non-hydrogen) atoms. The van der Waals surface area contributed by atoms with Crippen LogP contribution in [0.3, 0.4) is 0 Å². The molecule has 4 bridgehead atoms. The summed E-state index contributed by atoms with van der Waals surface area (Å²) < 4.78 is 60.7. The Kier molecular flexibility index (Phi) is 7.27. The number of aromatic nitrogens is 8. The maximum atomic E-state index is 13.1. The molecule has 242 valence electrons. The van der Waals surface area contributed by atoms with Gasteiger partial charge in [0, 0.05) is 0 Å². The molecular formula is C20H23N10O13P2-. The first kappa shape index (κ1) is 30.2. The highest BCUT2D eigenvalue weighted by atomic mass is 31.2. The number of nitrogens with zero attached hydrogens (tertiary/aromatic N) is 7. The van der Waals surface area contributed by atoms with Crippen LogP contribution in [-0.2, 0) is 36.7 Å². The van der Waals surface area contributed by atoms with Gasteiger partial charge < -0.3 is 50.0 Å². The number of nitrogen functional groups attached to an aromatic ring is 2. The zero-order valence-corrected chi connectivity index (χ0v) is 24.2. The number of rotatable bonds is 2. The zero-order chi connectivity index (χ0) is 31.8. The van der Waals surface area contributed by atoms with E-state index in [0.717, 1.165) is 17.2 Å². The van der Waals surface area contributed by atoms with Crippen molar-refractivity contribution < 1.29 is 56.7 Å². The molecule has 8 N–H and O–H groups in total. The molecule has 0 spiro atoms. The standard InChI is InChI=1S/C20H24N10O13P2/c21-14-8-15(24-3-23-14)29(4-25-8)18-12-10(31)6(40-18)1-38-45(36,37)43-13-11(32)7(2-39-44(34,35)42-12)41-19(13)30-5-26-9-16(30)27-20(22)28-17(9)33/h3-7,10-13,18-19,31-32H,1-2H2,(H,34,35)(H,36,37)(H2,21,23,24)(H3,22,27,28,33)/p-1/t6-,7-,10-,11-,12-,13-,18-,19-/m1/s1. The Bertz CT molecular complexity index is 1940. The van der Waals surface area contributed by atoms with Gasteiger partial charge in [-0.2, -0.15) is 4.98 Å². The summed E-state index contributed by atoms with van der Waals surface area (Å²) in [6, 6.07) is 0. The summed E-state index contributed by atoms with van der Waals surface area (Å²) in [4.78, 5) is 58.1. The second-order valence-electron chi connectivity index (χ2n) is 10.1. The number of H-pyrrole nitrogens is 1. The van der Waals surface area contributed by atoms with Gasteiger partial charge in [-0.15, -0.1) is 0 Å². The van der Waals surface area contributed by atoms with Crippen molar-refractivity contribution in [2.75, 3.05) is 24.7 Å². The summed E-state index contributed by atoms with van der Waals surface area (Å²) in [5, 5.41) is 22.0. The Balaban J connectivity index is 1.23. The van der Waals surface area contributed by atoms with Crippen molar-refractivity contribution in [3.05, 3.63) is 29.3 Å². The Hall–Kier alpha value is -3.44. The number of anilines is 2. The Labute approximate surface area is 248 Å². The van der Waals surface area contributed by atoms with Crippen LogP contribution < -0.4 is 21.9 Å². The number of aliphatic hydroxyl groups excluding tert-OH is 2. The fourth-order valence-corrected chi connectivity index (χ4v) is 7.12. The molecule has 4 aromatic heterocycles. The zero-order valence-electron chi connectivity index (χ0n) is 22.4. The minimum atomic E-state index is -5.32. The van der Waals surface area contributed by atoms with Crippen LogP contribution in [-0.4, -0.2) is 104 Å². The summed E-state index contributed by atoms with van der Waals surface area (Å²) in [7, 11) is -10.4. The lowest BCUT2D eigenvalue weighted by molar-refractivity contribution is -0.237. The Morgan fingerprint density at radius 3 is 2.18 bits per heavy atom. The number of nitrogens with two attached hydrogens (primary N) is 2. The van der Waals surface area contributed by atoms with Gasteiger partial charge in [0.05, 0.1) is 25.9 Å². The van der Waals surface area contributed by atoms with Crippen LogP contribution in [0.1, 0.15) is 12.5 Å². The van der Waals surface area contributed by atoms with Crippen LogP contribution in [0.5, 0.6) is 0 Å². The number of phosphoric ester groups is 2. The van der Waals surface area contributed by atoms with Gasteiger partial charge in [0.25, 0.3) is 13.4 Å². The minimum Gasteiger partial charge on any atom is -0.756 e. The number of hydrogen-bond donors (Lipinski definition) is 6. The number of aliphatic hydroxyl groups is 2. The van der Waals surface area contributed by atoms with Crippen LogP contribution in [0.15, 0.2) is 23.8 Å². The molecule has 0 aromatic carbocycles. The lowest BCUT2D eigenvalue weighted by Crippen LogP contribution is -2.38. The predicted octanol–water partition coefficient (Wildman–Crippen LogP) is -2.97. The van der Waals surface area contributed by atoms with E-state index < -0.39 is 83.5 Å². The molecule has 4 aromatic rings. The maximum absolute atomic E-state index is 13.1. The lowest BCUT2D eigenvalue weighted by atomic mass is 10.1. The van der Waals surface area contributed by atoms with Crippen LogP contribution >= 0.6 is 15.6 Å². The number of nitrogens with one attached hydrogen (secondary N) is 1. The summed E-state index contributed by atoms with van der Waals surface area (Å²) in [5.74, 6) is -0.290. The van der Waals surface area contributed by atoms with E-state index in [-0.39, 0.29) is 34.1 Å². The van der Waals surface area contributed by atoms with Crippen LogP contribution in [0.4, 0.5) is 11.8 Å². The van der Waals surface area contributed by atoms with Gasteiger partial charge in [-0.05, 0) is 0 Å². The van der Waals surface area contributed by atoms with Gasteiger partial charge in [-0.1, -0.05) is 0 Å². The van der Waals surface area contributed by atoms with Gasteiger partial charge in [0.15, 0.2) is 35.1 Å². The van der Waals surface area contributed by atoms with Gasteiger partial charge >= 0.3 is 7.82 Å². The second kappa shape index (κ2) is 10.8. The quantitative estimate of drug-likeness (QED) is 0.116. The van der Waals surface area contributed by atoms with Crippen LogP contribution in [0.25, 0.3) is 22.3 Å². The number of phosphoric acid groups is 2. The molecule has 3 aliphatic rings. The van der Waals surface area contributed by atoms with Crippen molar-refractivity contribution in [3.63, 3.8) is 0 Å². The number of hydrogen-bond acceptors (Lipinski definition) is 19. The fraction of sp³-hybridized carbons (Fsp3) is 0.500. The highest BCUT2D eigenvalue weighted by Crippen LogP contribution is 2.52. The van der Waals surface area contributed by atoms with Crippen molar-refractivity contribution in [3.8, 4) is 0 Å². The van der Waals surface area contributed by atoms with E-state index in [0.29, 0.717) is 0 Å². The molecule has 10 atom stereocenters. The van der Waals surface area contributed by atoms with E-state index in [4.69, 9.17) is 39.0 Å². The molecular weight excluding hydrogens is 650 g/mol. The molecule has 23 nitrogen and oxygen atoms in total. The largest absolute Gasteiger partial charge is 0.756 e. The molecule has 3 aliphatic heterocycles. The van der Waals surface area contributed by atoms with E-state index >= 15 is 0 Å². The smallest absolute Gasteiger partial charge is 0.472 e. The third-order valence-corrected chi connectivity index (χ3v) is 9.27. The van der Waals surface area contributed by atoms with Crippen molar-refractivity contribution in [1.82, 2.24) is 39.0 Å². The first-order valence-electron chi connectivity index (χ1n) is 12.9. The van der Waals surface area contributed by atoms with Gasteiger partial charge in [0.1, 0.15) is 48.5 Å². The highest BCUT2D eigenvalue weighted by molar-refractivity contribution is 7.47. The first-order chi connectivity index (χ1) is 21.3. The van der Waals surface area contributed by atoms with E-state index in [1.54, 1.807) is 0 Å².